The fraction of sp³-hybridized carbons (Fsp3) is 0.556. The molecule has 4 rings (SSSR count). The zero-order valence-electron chi connectivity index (χ0n) is 20.6. The van der Waals surface area contributed by atoms with Crippen LogP contribution in [0, 0.1) is 5.92 Å². The van der Waals surface area contributed by atoms with Crippen molar-refractivity contribution in [2.45, 2.75) is 44.9 Å². The largest absolute Gasteiger partial charge is 0.493 e. The van der Waals surface area contributed by atoms with Crippen molar-refractivity contribution in [3.63, 3.8) is 0 Å². The van der Waals surface area contributed by atoms with Crippen LogP contribution in [0.3, 0.4) is 0 Å². The number of hydrogen-bond acceptors (Lipinski definition) is 6. The molecule has 1 heterocycles. The molecule has 0 amide bonds. The molecule has 0 unspecified atom stereocenters. The van der Waals surface area contributed by atoms with Crippen molar-refractivity contribution in [2.24, 2.45) is 5.92 Å². The summed E-state index contributed by atoms with van der Waals surface area (Å²) < 4.78 is 27.6. The van der Waals surface area contributed by atoms with Crippen LogP contribution >= 0.6 is 12.4 Å². The summed E-state index contributed by atoms with van der Waals surface area (Å²) in [5.41, 5.74) is 2.85. The second kappa shape index (κ2) is 13.0. The molecule has 0 atom stereocenters. The van der Waals surface area contributed by atoms with E-state index in [1.54, 1.807) is 14.2 Å². The zero-order chi connectivity index (χ0) is 23.0. The van der Waals surface area contributed by atoms with Gasteiger partial charge >= 0.3 is 0 Å². The Morgan fingerprint density at radius 1 is 0.882 bits per heavy atom. The van der Waals surface area contributed by atoms with Gasteiger partial charge in [-0.3, -0.25) is 0 Å². The summed E-state index contributed by atoms with van der Waals surface area (Å²) in [4.78, 5) is 2.42. The van der Waals surface area contributed by atoms with Crippen LogP contribution in [0.5, 0.6) is 28.7 Å². The highest BCUT2D eigenvalue weighted by Gasteiger charge is 2.19. The Balaban J connectivity index is 0.00000324. The lowest BCUT2D eigenvalue weighted by molar-refractivity contribution is 0.173. The van der Waals surface area contributed by atoms with Gasteiger partial charge in [-0.15, -0.1) is 12.4 Å². The van der Waals surface area contributed by atoms with Gasteiger partial charge in [-0.2, -0.15) is 0 Å². The van der Waals surface area contributed by atoms with Gasteiger partial charge in [-0.05, 0) is 99.8 Å². The van der Waals surface area contributed by atoms with Gasteiger partial charge in [0.05, 0.1) is 20.8 Å². The highest BCUT2D eigenvalue weighted by Crippen LogP contribution is 2.36. The minimum absolute atomic E-state index is 0. The standard InChI is InChI=1S/C27H37NO5.ClH/c1-28(14-5-15-31-23-11-12-24-27(18-23)33-19-32-24)13-4-6-20-7-9-21-16-25(29-2)26(30-3)17-22(21)10-8-20;/h11-12,16-18,20H,4-10,13-15,19H2,1-3H3;1H. The second-order valence-electron chi connectivity index (χ2n) is 9.08. The normalized spacial score (nSPS) is 14.8. The molecule has 7 heteroatoms. The molecule has 0 spiro atoms. The van der Waals surface area contributed by atoms with Gasteiger partial charge in [-0.1, -0.05) is 0 Å². The Kier molecular flexibility index (Phi) is 10.0. The predicted molar refractivity (Wildman–Crippen MR) is 136 cm³/mol. The Bertz CT molecular complexity index is 887. The van der Waals surface area contributed by atoms with E-state index in [0.29, 0.717) is 13.4 Å². The van der Waals surface area contributed by atoms with E-state index in [-0.39, 0.29) is 12.4 Å². The van der Waals surface area contributed by atoms with Crippen LogP contribution in [0.4, 0.5) is 0 Å². The second-order valence-corrected chi connectivity index (χ2v) is 9.08. The van der Waals surface area contributed by atoms with Crippen molar-refractivity contribution < 1.29 is 23.7 Å². The van der Waals surface area contributed by atoms with Crippen LogP contribution in [0.1, 0.15) is 43.2 Å². The molecule has 2 aromatic rings. The molecule has 0 radical (unpaired) electrons. The molecule has 0 bridgehead atoms. The maximum absolute atomic E-state index is 5.88. The van der Waals surface area contributed by atoms with Crippen LogP contribution in [-0.2, 0) is 12.8 Å². The van der Waals surface area contributed by atoms with Crippen molar-refractivity contribution in [3.8, 4) is 28.7 Å². The van der Waals surface area contributed by atoms with E-state index in [0.717, 1.165) is 67.0 Å². The minimum Gasteiger partial charge on any atom is -0.493 e. The third-order valence-corrected chi connectivity index (χ3v) is 6.80. The molecule has 188 valence electrons. The summed E-state index contributed by atoms with van der Waals surface area (Å²) >= 11 is 0. The molecule has 0 fully saturated rings. The van der Waals surface area contributed by atoms with E-state index >= 15 is 0 Å². The number of aryl methyl sites for hydroxylation is 2. The summed E-state index contributed by atoms with van der Waals surface area (Å²) in [5, 5.41) is 0. The number of nitrogens with zero attached hydrogens (tertiary/aromatic N) is 1. The fourth-order valence-electron chi connectivity index (χ4n) is 4.83. The molecule has 0 saturated heterocycles. The quantitative estimate of drug-likeness (QED) is 0.304. The summed E-state index contributed by atoms with van der Waals surface area (Å²) in [6, 6.07) is 10.1. The maximum Gasteiger partial charge on any atom is 0.231 e. The van der Waals surface area contributed by atoms with E-state index in [1.807, 2.05) is 18.2 Å². The van der Waals surface area contributed by atoms with Gasteiger partial charge in [-0.25, -0.2) is 0 Å². The molecule has 0 saturated carbocycles. The van der Waals surface area contributed by atoms with E-state index in [2.05, 4.69) is 24.1 Å². The number of rotatable bonds is 11. The summed E-state index contributed by atoms with van der Waals surface area (Å²) in [5.74, 6) is 4.88. The Hall–Kier alpha value is -2.31. The average molecular weight is 492 g/mol. The van der Waals surface area contributed by atoms with Crippen LogP contribution in [-0.4, -0.2) is 52.7 Å². The van der Waals surface area contributed by atoms with Crippen molar-refractivity contribution in [1.29, 1.82) is 0 Å². The molecule has 1 aliphatic carbocycles. The van der Waals surface area contributed by atoms with Crippen LogP contribution in [0.25, 0.3) is 0 Å². The number of methoxy groups -OCH3 is 2. The lowest BCUT2D eigenvalue weighted by Gasteiger charge is -2.19. The molecule has 2 aliphatic rings. The van der Waals surface area contributed by atoms with E-state index in [1.165, 1.54) is 36.8 Å². The van der Waals surface area contributed by atoms with Crippen molar-refractivity contribution in [3.05, 3.63) is 41.5 Å². The molecular formula is C27H38ClNO5. The highest BCUT2D eigenvalue weighted by molar-refractivity contribution is 5.85. The van der Waals surface area contributed by atoms with Crippen molar-refractivity contribution >= 4 is 12.4 Å². The SMILES string of the molecule is COc1cc2c(cc1OC)CCC(CCCN(C)CCCOc1ccc3c(c1)OCO3)CC2.Cl. The van der Waals surface area contributed by atoms with E-state index in [9.17, 15) is 0 Å². The highest BCUT2D eigenvalue weighted by atomic mass is 35.5. The molecule has 2 aromatic carbocycles. The van der Waals surface area contributed by atoms with Gasteiger partial charge in [0.1, 0.15) is 5.75 Å². The van der Waals surface area contributed by atoms with Gasteiger partial charge in [0.15, 0.2) is 23.0 Å². The van der Waals surface area contributed by atoms with Crippen LogP contribution in [0.15, 0.2) is 30.3 Å². The predicted octanol–water partition coefficient (Wildman–Crippen LogP) is 5.53. The molecule has 34 heavy (non-hydrogen) atoms. The zero-order valence-corrected chi connectivity index (χ0v) is 21.5. The summed E-state index contributed by atoms with van der Waals surface area (Å²) in [6.45, 7) is 3.17. The summed E-state index contributed by atoms with van der Waals surface area (Å²) in [6.07, 6.45) is 8.33. The van der Waals surface area contributed by atoms with Gasteiger partial charge in [0.2, 0.25) is 6.79 Å². The molecule has 0 aromatic heterocycles. The fourth-order valence-corrected chi connectivity index (χ4v) is 4.83. The number of halogens is 1. The van der Waals surface area contributed by atoms with E-state index < -0.39 is 0 Å². The molecule has 6 nitrogen and oxygen atoms in total. The van der Waals surface area contributed by atoms with E-state index in [4.69, 9.17) is 23.7 Å². The minimum atomic E-state index is 0. The maximum atomic E-state index is 5.88. The van der Waals surface area contributed by atoms with Gasteiger partial charge in [0.25, 0.3) is 0 Å². The summed E-state index contributed by atoms with van der Waals surface area (Å²) in [7, 11) is 5.63. The Morgan fingerprint density at radius 2 is 1.53 bits per heavy atom. The third-order valence-electron chi connectivity index (χ3n) is 6.80. The van der Waals surface area contributed by atoms with Crippen molar-refractivity contribution in [2.75, 3.05) is 47.8 Å². The van der Waals surface area contributed by atoms with Crippen molar-refractivity contribution in [1.82, 2.24) is 4.90 Å². The Morgan fingerprint density at radius 3 is 2.21 bits per heavy atom. The first-order valence-electron chi connectivity index (χ1n) is 12.1. The van der Waals surface area contributed by atoms with Gasteiger partial charge in [0, 0.05) is 12.6 Å². The first-order chi connectivity index (χ1) is 16.2. The average Bonchev–Trinajstić information content (AvgIpc) is 3.21. The first-order valence-corrected chi connectivity index (χ1v) is 12.1. The monoisotopic (exact) mass is 491 g/mol. The van der Waals surface area contributed by atoms with Crippen LogP contribution < -0.4 is 23.7 Å². The van der Waals surface area contributed by atoms with Gasteiger partial charge < -0.3 is 28.6 Å². The van der Waals surface area contributed by atoms with Crippen LogP contribution in [0.2, 0.25) is 0 Å². The number of benzene rings is 2. The molecular weight excluding hydrogens is 454 g/mol. The number of ether oxygens (including phenoxy) is 5. The molecule has 1 aliphatic heterocycles. The Labute approximate surface area is 209 Å². The molecule has 0 N–H and O–H groups in total. The smallest absolute Gasteiger partial charge is 0.231 e. The topological polar surface area (TPSA) is 49.4 Å². The third kappa shape index (κ3) is 6.86. The lowest BCUT2D eigenvalue weighted by atomic mass is 9.94. The number of hydrogen-bond donors (Lipinski definition) is 0. The first kappa shape index (κ1) is 26.3. The number of fused-ring (bicyclic) bond motifs is 2. The lowest BCUT2D eigenvalue weighted by Crippen LogP contribution is -2.23.